The Kier molecular flexibility index (Phi) is 10.3. The number of allylic oxidation sites excluding steroid dienone is 1. The van der Waals surface area contributed by atoms with E-state index in [0.717, 1.165) is 31.5 Å². The second-order valence-corrected chi connectivity index (χ2v) is 15.5. The van der Waals surface area contributed by atoms with E-state index >= 15 is 0 Å². The van der Waals surface area contributed by atoms with Crippen LogP contribution in [0, 0.1) is 5.92 Å². The van der Waals surface area contributed by atoms with Crippen LogP contribution in [-0.4, -0.2) is 88.7 Å². The lowest BCUT2D eigenvalue weighted by molar-refractivity contribution is -0.151. The number of hydrogen-bond donors (Lipinski definition) is 4. The van der Waals surface area contributed by atoms with E-state index < -0.39 is 57.0 Å². The van der Waals surface area contributed by atoms with Gasteiger partial charge in [-0.2, -0.15) is 12.6 Å². The Bertz CT molecular complexity index is 1070. The first-order valence-corrected chi connectivity index (χ1v) is 15.5. The molecule has 0 aromatic heterocycles. The average molecular weight is 613 g/mol. The highest BCUT2D eigenvalue weighted by Gasteiger charge is 2.56. The predicted molar refractivity (Wildman–Crippen MR) is 166 cm³/mol. The maximum absolute atomic E-state index is 14.7. The molecule has 0 radical (unpaired) electrons. The summed E-state index contributed by atoms with van der Waals surface area (Å²) in [5, 5.41) is 6.73. The van der Waals surface area contributed by atoms with E-state index in [4.69, 9.17) is 17.4 Å². The fourth-order valence-electron chi connectivity index (χ4n) is 5.77. The number of Topliss-reactive ketones (excluding diaryl/α,β-unsaturated/α-hetero) is 1. The number of fused-ring (bicyclic) bond motifs is 1. The topological polar surface area (TPSA) is 117 Å². The second-order valence-electron chi connectivity index (χ2n) is 13.6. The molecule has 13 heteroatoms. The van der Waals surface area contributed by atoms with Crippen LogP contribution < -0.4 is 16.0 Å². The van der Waals surface area contributed by atoms with E-state index in [1.165, 1.54) is 25.7 Å². The van der Waals surface area contributed by atoms with Crippen LogP contribution in [0.25, 0.3) is 0 Å². The zero-order valence-electron chi connectivity index (χ0n) is 25.3. The van der Waals surface area contributed by atoms with Gasteiger partial charge < -0.3 is 25.6 Å². The molecule has 3 aliphatic rings. The third-order valence-corrected chi connectivity index (χ3v) is 10.2. The first kappa shape index (κ1) is 33.9. The number of thiol groups is 1. The third-order valence-electron chi connectivity index (χ3n) is 8.77. The van der Waals surface area contributed by atoms with Crippen molar-refractivity contribution in [2.24, 2.45) is 5.92 Å². The lowest BCUT2D eigenvalue weighted by Crippen LogP contribution is -2.61. The van der Waals surface area contributed by atoms with E-state index in [0.29, 0.717) is 19.3 Å². The van der Waals surface area contributed by atoms with Gasteiger partial charge in [-0.15, -0.1) is 0 Å². The maximum atomic E-state index is 14.7. The Balaban J connectivity index is 1.87. The Hall–Kier alpha value is -1.65. The second kappa shape index (κ2) is 12.5. The van der Waals surface area contributed by atoms with Crippen LogP contribution in [0.2, 0.25) is 0 Å². The summed E-state index contributed by atoms with van der Waals surface area (Å²) in [6.07, 6.45) is 4.38. The number of rotatable bonds is 10. The van der Waals surface area contributed by atoms with Crippen molar-refractivity contribution in [1.29, 1.82) is 0 Å². The van der Waals surface area contributed by atoms with Crippen LogP contribution in [0.3, 0.4) is 0 Å². The number of nitrogens with one attached hydrogen (secondary N) is 3. The smallest absolute Gasteiger partial charge is 0.312 e. The zero-order valence-corrected chi connectivity index (χ0v) is 27.3. The molecular formula is C28H47BFN4O5PS. The van der Waals surface area contributed by atoms with Crippen LogP contribution >= 0.6 is 21.9 Å². The number of ketones is 1. The standard InChI is InChI=1S/C28H47BFN4O5PS/c1-16-17(10-12-31-16)13-18(20(35)15-39-26(4,5)29)32-22(36)19-14-28(41)11-8-7-9-21(28)34(19)24(38)23(37)33-25(2,3)27(6,30)40/h17-19,21,31,41H,1,7-15,29,40H2,2-6H3,(H,32,36)(H,33,37)/t17-,18-,19-,21?,27?,28?/m0/s1. The molecule has 4 unspecified atom stereocenters. The van der Waals surface area contributed by atoms with Crippen molar-refractivity contribution in [3.05, 3.63) is 12.3 Å². The molecule has 0 bridgehead atoms. The SMILES string of the molecule is BC(C)(C)OCC(=O)[C@H](C[C@@H]1CCNC1=C)NC(=O)[C@@H]1CC2(S)CCCCC2N1C(=O)C(=O)NC(C)(C)C(C)(F)P. The first-order valence-electron chi connectivity index (χ1n) is 14.5. The van der Waals surface area contributed by atoms with E-state index in [9.17, 15) is 23.6 Å². The molecule has 9 nitrogen and oxygen atoms in total. The van der Waals surface area contributed by atoms with Crippen molar-refractivity contribution >= 4 is 53.2 Å². The molecule has 3 amide bonds. The Morgan fingerprint density at radius 3 is 2.46 bits per heavy atom. The fraction of sp³-hybridized carbons (Fsp3) is 0.786. The van der Waals surface area contributed by atoms with Gasteiger partial charge >= 0.3 is 11.8 Å². The monoisotopic (exact) mass is 612 g/mol. The van der Waals surface area contributed by atoms with Crippen LogP contribution in [0.1, 0.15) is 79.6 Å². The van der Waals surface area contributed by atoms with Crippen LogP contribution in [-0.2, 0) is 23.9 Å². The van der Waals surface area contributed by atoms with Gasteiger partial charge in [-0.05, 0) is 66.7 Å². The number of ether oxygens (including phenoxy) is 1. The Morgan fingerprint density at radius 2 is 1.90 bits per heavy atom. The van der Waals surface area contributed by atoms with Crippen molar-refractivity contribution in [3.8, 4) is 0 Å². The van der Waals surface area contributed by atoms with E-state index in [-0.39, 0.29) is 24.7 Å². The number of carbonyl (C=O) groups excluding carboxylic acids is 4. The molecule has 1 saturated carbocycles. The van der Waals surface area contributed by atoms with Crippen molar-refractivity contribution < 1.29 is 28.3 Å². The highest BCUT2D eigenvalue weighted by Crippen LogP contribution is 2.47. The van der Waals surface area contributed by atoms with Crippen molar-refractivity contribution in [3.63, 3.8) is 0 Å². The molecule has 230 valence electrons. The minimum absolute atomic E-state index is 0.00562. The summed E-state index contributed by atoms with van der Waals surface area (Å²) in [7, 11) is 3.89. The first-order chi connectivity index (χ1) is 18.8. The van der Waals surface area contributed by atoms with Gasteiger partial charge in [0.1, 0.15) is 25.9 Å². The number of amides is 3. The summed E-state index contributed by atoms with van der Waals surface area (Å²) in [5.41, 5.74) is -1.09. The number of likely N-dealkylation sites (tertiary alicyclic amines) is 1. The molecule has 0 aromatic carbocycles. The van der Waals surface area contributed by atoms with Gasteiger partial charge in [0, 0.05) is 34.4 Å². The molecule has 0 aromatic rings. The van der Waals surface area contributed by atoms with Crippen LogP contribution in [0.4, 0.5) is 4.39 Å². The van der Waals surface area contributed by atoms with Gasteiger partial charge in [0.25, 0.3) is 0 Å². The molecule has 2 aliphatic heterocycles. The number of halogens is 1. The van der Waals surface area contributed by atoms with E-state index in [2.05, 4.69) is 22.5 Å². The fourth-order valence-corrected chi connectivity index (χ4v) is 6.42. The van der Waals surface area contributed by atoms with Gasteiger partial charge in [0.15, 0.2) is 5.78 Å². The highest BCUT2D eigenvalue weighted by molar-refractivity contribution is 7.81. The van der Waals surface area contributed by atoms with Gasteiger partial charge in [-0.1, -0.05) is 28.7 Å². The van der Waals surface area contributed by atoms with Gasteiger partial charge in [-0.3, -0.25) is 19.2 Å². The minimum atomic E-state index is -1.88. The summed E-state index contributed by atoms with van der Waals surface area (Å²) in [6.45, 7) is 12.6. The van der Waals surface area contributed by atoms with Crippen molar-refractivity contribution in [2.45, 2.75) is 119 Å². The summed E-state index contributed by atoms with van der Waals surface area (Å²) >= 11 is 4.94. The quantitative estimate of drug-likeness (QED) is 0.129. The number of hydrogen-bond acceptors (Lipinski definition) is 7. The van der Waals surface area contributed by atoms with Crippen molar-refractivity contribution in [1.82, 2.24) is 20.9 Å². The molecule has 2 heterocycles. The molecule has 2 saturated heterocycles. The Labute approximate surface area is 252 Å². The molecular weight excluding hydrogens is 565 g/mol. The molecule has 1 aliphatic carbocycles. The predicted octanol–water partition coefficient (Wildman–Crippen LogP) is 1.61. The van der Waals surface area contributed by atoms with Crippen LogP contribution in [0.15, 0.2) is 12.3 Å². The lowest BCUT2D eigenvalue weighted by Gasteiger charge is -2.39. The Morgan fingerprint density at radius 1 is 1.24 bits per heavy atom. The molecule has 3 N–H and O–H groups in total. The zero-order chi connectivity index (χ0) is 31.0. The van der Waals surface area contributed by atoms with Gasteiger partial charge in [0.05, 0.1) is 11.6 Å². The van der Waals surface area contributed by atoms with Gasteiger partial charge in [-0.25, -0.2) is 4.39 Å². The summed E-state index contributed by atoms with van der Waals surface area (Å²) in [6, 6.07) is -2.31. The van der Waals surface area contributed by atoms with E-state index in [1.807, 2.05) is 30.9 Å². The molecule has 41 heavy (non-hydrogen) atoms. The largest absolute Gasteiger partial charge is 0.389 e. The summed E-state index contributed by atoms with van der Waals surface area (Å²) < 4.78 is 19.8. The minimum Gasteiger partial charge on any atom is -0.389 e. The highest BCUT2D eigenvalue weighted by atomic mass is 32.1. The summed E-state index contributed by atoms with van der Waals surface area (Å²) in [4.78, 5) is 55.5. The molecule has 0 spiro atoms. The van der Waals surface area contributed by atoms with Gasteiger partial charge in [0.2, 0.25) is 5.91 Å². The molecule has 3 rings (SSSR count). The lowest BCUT2D eigenvalue weighted by atomic mass is 9.83. The average Bonchev–Trinajstić information content (AvgIpc) is 3.39. The maximum Gasteiger partial charge on any atom is 0.312 e. The van der Waals surface area contributed by atoms with Crippen molar-refractivity contribution in [2.75, 3.05) is 13.2 Å². The number of alkyl halides is 1. The molecule has 7 atom stereocenters. The number of nitrogens with zero attached hydrogens (tertiary/aromatic N) is 1. The third kappa shape index (κ3) is 8.05. The summed E-state index contributed by atoms with van der Waals surface area (Å²) in [5.74, 6) is -2.68. The van der Waals surface area contributed by atoms with Crippen LogP contribution in [0.5, 0.6) is 0 Å². The van der Waals surface area contributed by atoms with E-state index in [1.54, 1.807) is 0 Å². The number of carbonyl (C=O) groups is 4. The normalized spacial score (nSPS) is 28.7. The molecule has 3 fully saturated rings.